The first kappa shape index (κ1) is 19.1. The lowest BCUT2D eigenvalue weighted by molar-refractivity contribution is -0.141. The molecule has 0 saturated carbocycles. The zero-order chi connectivity index (χ0) is 18.6. The fourth-order valence-electron chi connectivity index (χ4n) is 2.62. The number of aromatic nitrogens is 1. The number of amides is 1. The lowest BCUT2D eigenvalue weighted by atomic mass is 10.0. The summed E-state index contributed by atoms with van der Waals surface area (Å²) in [4.78, 5) is 23.7. The van der Waals surface area contributed by atoms with Crippen LogP contribution in [0.4, 0.5) is 0 Å². The summed E-state index contributed by atoms with van der Waals surface area (Å²) in [6.07, 6.45) is 0. The van der Waals surface area contributed by atoms with Crippen LogP contribution in [0, 0.1) is 27.7 Å². The molecule has 134 valence electrons. The Bertz CT molecular complexity index is 746. The van der Waals surface area contributed by atoms with E-state index in [2.05, 4.69) is 10.5 Å². The highest BCUT2D eigenvalue weighted by Gasteiger charge is 2.22. The molecule has 6 nitrogen and oxygen atoms in total. The number of carboxylic acids is 1. The Labute approximate surface area is 151 Å². The van der Waals surface area contributed by atoms with Gasteiger partial charge in [0, 0.05) is 11.3 Å². The van der Waals surface area contributed by atoms with E-state index in [0.29, 0.717) is 11.3 Å². The minimum absolute atomic E-state index is 0.165. The topological polar surface area (TPSA) is 92.4 Å². The molecule has 0 aliphatic rings. The van der Waals surface area contributed by atoms with Crippen LogP contribution in [0.1, 0.15) is 39.7 Å². The Kier molecular flexibility index (Phi) is 6.25. The van der Waals surface area contributed by atoms with E-state index in [1.165, 1.54) is 11.8 Å². The van der Waals surface area contributed by atoms with Crippen molar-refractivity contribution in [2.45, 2.75) is 39.5 Å². The van der Waals surface area contributed by atoms with E-state index in [1.54, 1.807) is 12.1 Å². The first-order valence-electron chi connectivity index (χ1n) is 7.87. The number of rotatable bonds is 7. The number of nitrogens with zero attached hydrogens (tertiary/aromatic N) is 1. The van der Waals surface area contributed by atoms with Crippen molar-refractivity contribution in [3.63, 3.8) is 0 Å². The normalized spacial score (nSPS) is 12.0. The van der Waals surface area contributed by atoms with E-state index < -0.39 is 12.0 Å². The van der Waals surface area contributed by atoms with Crippen molar-refractivity contribution < 1.29 is 19.2 Å². The molecule has 0 aliphatic heterocycles. The average molecular weight is 362 g/mol. The van der Waals surface area contributed by atoms with Gasteiger partial charge in [0.2, 0.25) is 5.91 Å². The van der Waals surface area contributed by atoms with Crippen molar-refractivity contribution in [2.24, 2.45) is 0 Å². The van der Waals surface area contributed by atoms with Gasteiger partial charge in [0.25, 0.3) is 0 Å². The summed E-state index contributed by atoms with van der Waals surface area (Å²) in [7, 11) is 0. The van der Waals surface area contributed by atoms with Gasteiger partial charge in [0.05, 0.1) is 11.4 Å². The van der Waals surface area contributed by atoms with Gasteiger partial charge in [-0.05, 0) is 33.3 Å². The highest BCUT2D eigenvalue weighted by atomic mass is 32.2. The summed E-state index contributed by atoms with van der Waals surface area (Å²) in [5.41, 5.74) is 4.28. The van der Waals surface area contributed by atoms with Crippen molar-refractivity contribution in [1.29, 1.82) is 0 Å². The quantitative estimate of drug-likeness (QED) is 0.786. The summed E-state index contributed by atoms with van der Waals surface area (Å²) >= 11 is 1.40. The lowest BCUT2D eigenvalue weighted by Crippen LogP contribution is -2.35. The Morgan fingerprint density at radius 1 is 1.20 bits per heavy atom. The largest absolute Gasteiger partial charge is 0.479 e. The predicted octanol–water partition coefficient (Wildman–Crippen LogP) is 3.08. The minimum Gasteiger partial charge on any atom is -0.479 e. The van der Waals surface area contributed by atoms with Gasteiger partial charge in [-0.25, -0.2) is 4.79 Å². The number of nitrogens with one attached hydrogen (secondary N) is 1. The Morgan fingerprint density at radius 2 is 1.84 bits per heavy atom. The molecule has 1 aromatic carbocycles. The summed E-state index contributed by atoms with van der Waals surface area (Å²) < 4.78 is 5.09. The number of carboxylic acid groups (broad SMARTS) is 1. The molecule has 2 aromatic rings. The molecule has 0 aliphatic carbocycles. The second-order valence-corrected chi connectivity index (χ2v) is 7.04. The molecule has 0 saturated heterocycles. The molecule has 0 radical (unpaired) electrons. The van der Waals surface area contributed by atoms with Gasteiger partial charge in [-0.3, -0.25) is 4.79 Å². The molecule has 1 heterocycles. The van der Waals surface area contributed by atoms with E-state index in [9.17, 15) is 14.7 Å². The van der Waals surface area contributed by atoms with Gasteiger partial charge in [-0.2, -0.15) is 0 Å². The zero-order valence-corrected chi connectivity index (χ0v) is 15.6. The number of benzene rings is 1. The maximum Gasteiger partial charge on any atom is 0.330 e. The number of hydrogen-bond acceptors (Lipinski definition) is 5. The molecule has 2 N–H and O–H groups in total. The number of aliphatic carboxylic acids is 1. The highest BCUT2D eigenvalue weighted by molar-refractivity contribution is 7.99. The maximum atomic E-state index is 12.2. The average Bonchev–Trinajstić information content (AvgIpc) is 2.83. The van der Waals surface area contributed by atoms with Crippen molar-refractivity contribution >= 4 is 23.6 Å². The molecule has 7 heteroatoms. The van der Waals surface area contributed by atoms with E-state index in [1.807, 2.05) is 33.8 Å². The molecule has 0 fully saturated rings. The minimum atomic E-state index is -1.07. The van der Waals surface area contributed by atoms with E-state index in [0.717, 1.165) is 28.1 Å². The van der Waals surface area contributed by atoms with Crippen molar-refractivity contribution in [3.8, 4) is 0 Å². The molecule has 1 aromatic heterocycles. The standard InChI is InChI=1S/C18H22N2O4S/c1-10-5-11(2)7-14(6-10)17(18(22)23)19-16(21)9-25-8-15-12(3)20-24-13(15)4/h5-7,17H,8-9H2,1-4H3,(H,19,21)(H,22,23). The van der Waals surface area contributed by atoms with Crippen LogP contribution in [-0.4, -0.2) is 27.9 Å². The first-order valence-corrected chi connectivity index (χ1v) is 9.03. The molecule has 1 amide bonds. The van der Waals surface area contributed by atoms with Gasteiger partial charge in [-0.15, -0.1) is 11.8 Å². The van der Waals surface area contributed by atoms with Crippen molar-refractivity contribution in [3.05, 3.63) is 51.9 Å². The second-order valence-electron chi connectivity index (χ2n) is 6.06. The van der Waals surface area contributed by atoms with Crippen LogP contribution in [0.2, 0.25) is 0 Å². The molecule has 1 unspecified atom stereocenters. The van der Waals surface area contributed by atoms with Crippen LogP contribution in [0.5, 0.6) is 0 Å². The number of hydrogen-bond donors (Lipinski definition) is 2. The number of carbonyl (C=O) groups is 2. The van der Waals surface area contributed by atoms with Crippen LogP contribution in [0.15, 0.2) is 22.7 Å². The van der Waals surface area contributed by atoms with Gasteiger partial charge in [0.15, 0.2) is 6.04 Å². The SMILES string of the molecule is Cc1cc(C)cc(C(NC(=O)CSCc2c(C)noc2C)C(=O)O)c1. The molecule has 0 bridgehead atoms. The van der Waals surface area contributed by atoms with Crippen LogP contribution in [0.25, 0.3) is 0 Å². The predicted molar refractivity (Wildman–Crippen MR) is 96.6 cm³/mol. The Balaban J connectivity index is 1.97. The molecular formula is C18H22N2O4S. The van der Waals surface area contributed by atoms with Crippen molar-refractivity contribution in [2.75, 3.05) is 5.75 Å². The first-order chi connectivity index (χ1) is 11.8. The fourth-order valence-corrected chi connectivity index (χ4v) is 3.61. The third-order valence-electron chi connectivity index (χ3n) is 3.79. The van der Waals surface area contributed by atoms with Gasteiger partial charge >= 0.3 is 5.97 Å². The number of carbonyl (C=O) groups excluding carboxylic acids is 1. The molecule has 2 rings (SSSR count). The summed E-state index contributed by atoms with van der Waals surface area (Å²) in [5, 5.41) is 15.9. The monoisotopic (exact) mass is 362 g/mol. The zero-order valence-electron chi connectivity index (χ0n) is 14.8. The van der Waals surface area contributed by atoms with Crippen LogP contribution >= 0.6 is 11.8 Å². The number of thioether (sulfide) groups is 1. The third kappa shape index (κ3) is 5.09. The molecule has 1 atom stereocenters. The van der Waals surface area contributed by atoms with Gasteiger partial charge in [0.1, 0.15) is 5.76 Å². The second kappa shape index (κ2) is 8.20. The van der Waals surface area contributed by atoms with Gasteiger partial charge < -0.3 is 14.9 Å². The highest BCUT2D eigenvalue weighted by Crippen LogP contribution is 2.21. The third-order valence-corrected chi connectivity index (χ3v) is 4.75. The van der Waals surface area contributed by atoms with Crippen LogP contribution in [-0.2, 0) is 15.3 Å². The molecular weight excluding hydrogens is 340 g/mol. The van der Waals surface area contributed by atoms with E-state index in [-0.39, 0.29) is 11.7 Å². The van der Waals surface area contributed by atoms with E-state index >= 15 is 0 Å². The van der Waals surface area contributed by atoms with E-state index in [4.69, 9.17) is 4.52 Å². The van der Waals surface area contributed by atoms with Crippen molar-refractivity contribution in [1.82, 2.24) is 10.5 Å². The molecule has 25 heavy (non-hydrogen) atoms. The lowest BCUT2D eigenvalue weighted by Gasteiger charge is -2.16. The summed E-state index contributed by atoms with van der Waals surface area (Å²) in [6, 6.07) is 4.47. The smallest absolute Gasteiger partial charge is 0.330 e. The van der Waals surface area contributed by atoms with Crippen LogP contribution < -0.4 is 5.32 Å². The number of aryl methyl sites for hydroxylation is 4. The Hall–Kier alpha value is -2.28. The Morgan fingerprint density at radius 3 is 2.36 bits per heavy atom. The molecule has 0 spiro atoms. The summed E-state index contributed by atoms with van der Waals surface area (Å²) in [5.74, 6) is 0.107. The van der Waals surface area contributed by atoms with Crippen LogP contribution in [0.3, 0.4) is 0 Å². The van der Waals surface area contributed by atoms with Gasteiger partial charge in [-0.1, -0.05) is 34.5 Å². The summed E-state index contributed by atoms with van der Waals surface area (Å²) in [6.45, 7) is 7.48. The fraction of sp³-hybridized carbons (Fsp3) is 0.389. The maximum absolute atomic E-state index is 12.2.